The van der Waals surface area contributed by atoms with Gasteiger partial charge in [0.05, 0.1) is 21.6 Å². The van der Waals surface area contributed by atoms with Crippen LogP contribution in [0.2, 0.25) is 5.02 Å². The molecule has 0 fully saturated rings. The summed E-state index contributed by atoms with van der Waals surface area (Å²) in [5.74, 6) is -0.667. The van der Waals surface area contributed by atoms with Crippen molar-refractivity contribution in [2.75, 3.05) is 0 Å². The molecule has 0 saturated heterocycles. The zero-order valence-electron chi connectivity index (χ0n) is 10.0. The predicted molar refractivity (Wildman–Crippen MR) is 68.0 cm³/mol. The third kappa shape index (κ3) is 3.69. The number of esters is 1. The molecule has 0 saturated carbocycles. The van der Waals surface area contributed by atoms with E-state index in [-0.39, 0.29) is 21.6 Å². The number of halogens is 1. The number of carbonyl (C=O) groups excluding carboxylic acids is 1. The van der Waals surface area contributed by atoms with Crippen LogP contribution in [0, 0.1) is 0 Å². The molecule has 2 N–H and O–H groups in total. The summed E-state index contributed by atoms with van der Waals surface area (Å²) < 4.78 is 27.4. The van der Waals surface area contributed by atoms with E-state index in [0.29, 0.717) is 6.42 Å². The maximum Gasteiger partial charge on any atom is 0.339 e. The maximum atomic E-state index is 11.8. The van der Waals surface area contributed by atoms with Gasteiger partial charge in [-0.3, -0.25) is 0 Å². The number of ether oxygens (including phenoxy) is 1. The summed E-state index contributed by atoms with van der Waals surface area (Å²) in [5, 5.41) is 5.10. The minimum Gasteiger partial charge on any atom is -0.459 e. The Morgan fingerprint density at radius 1 is 1.50 bits per heavy atom. The van der Waals surface area contributed by atoms with Crippen LogP contribution in [0.1, 0.15) is 30.6 Å². The standard InChI is InChI=1S/C11H14ClNO4S/c1-3-7(2)17-11(14)9-6-8(18(13,15)16)4-5-10(9)12/h4-7H,3H2,1-2H3,(H2,13,15,16). The first-order valence-corrected chi connectivity index (χ1v) is 7.21. The molecule has 0 heterocycles. The molecule has 0 spiro atoms. The van der Waals surface area contributed by atoms with Crippen LogP contribution in [-0.2, 0) is 14.8 Å². The highest BCUT2D eigenvalue weighted by Crippen LogP contribution is 2.21. The van der Waals surface area contributed by atoms with Crippen molar-refractivity contribution in [3.05, 3.63) is 28.8 Å². The van der Waals surface area contributed by atoms with Gasteiger partial charge in [0.15, 0.2) is 0 Å². The van der Waals surface area contributed by atoms with Gasteiger partial charge in [-0.05, 0) is 31.5 Å². The minimum atomic E-state index is -3.88. The van der Waals surface area contributed by atoms with Gasteiger partial charge in [0.2, 0.25) is 10.0 Å². The predicted octanol–water partition coefficient (Wildman–Crippen LogP) is 1.94. The summed E-state index contributed by atoms with van der Waals surface area (Å²) in [6, 6.07) is 3.65. The van der Waals surface area contributed by atoms with Gasteiger partial charge in [-0.25, -0.2) is 18.4 Å². The SMILES string of the molecule is CCC(C)OC(=O)c1cc(S(N)(=O)=O)ccc1Cl. The number of nitrogens with two attached hydrogens (primary N) is 1. The van der Waals surface area contributed by atoms with Crippen molar-refractivity contribution < 1.29 is 17.9 Å². The minimum absolute atomic E-state index is 0.0107. The number of rotatable bonds is 4. The molecule has 0 aliphatic rings. The molecule has 100 valence electrons. The van der Waals surface area contributed by atoms with Crippen molar-refractivity contribution in [3.63, 3.8) is 0 Å². The Balaban J connectivity index is 3.12. The lowest BCUT2D eigenvalue weighted by molar-refractivity contribution is 0.0334. The number of sulfonamides is 1. The van der Waals surface area contributed by atoms with Crippen molar-refractivity contribution in [3.8, 4) is 0 Å². The number of carbonyl (C=O) groups is 1. The maximum absolute atomic E-state index is 11.8. The fraction of sp³-hybridized carbons (Fsp3) is 0.364. The van der Waals surface area contributed by atoms with Crippen molar-refractivity contribution >= 4 is 27.6 Å². The van der Waals surface area contributed by atoms with Crippen LogP contribution in [0.5, 0.6) is 0 Å². The van der Waals surface area contributed by atoms with E-state index in [1.807, 2.05) is 6.92 Å². The summed E-state index contributed by atoms with van der Waals surface area (Å²) in [4.78, 5) is 11.6. The average Bonchev–Trinajstić information content (AvgIpc) is 2.27. The molecule has 1 aromatic carbocycles. The van der Waals surface area contributed by atoms with Gasteiger partial charge in [0.25, 0.3) is 0 Å². The summed E-state index contributed by atoms with van der Waals surface area (Å²) in [6.07, 6.45) is 0.379. The van der Waals surface area contributed by atoms with Gasteiger partial charge >= 0.3 is 5.97 Å². The van der Waals surface area contributed by atoms with Crippen LogP contribution in [0.4, 0.5) is 0 Å². The average molecular weight is 292 g/mol. The van der Waals surface area contributed by atoms with Gasteiger partial charge in [-0.2, -0.15) is 0 Å². The fourth-order valence-electron chi connectivity index (χ4n) is 1.17. The number of hydrogen-bond acceptors (Lipinski definition) is 4. The Kier molecular flexibility index (Phi) is 4.72. The van der Waals surface area contributed by atoms with Gasteiger partial charge in [0, 0.05) is 0 Å². The molecule has 1 rings (SSSR count). The summed E-state index contributed by atoms with van der Waals surface area (Å²) >= 11 is 5.83. The van der Waals surface area contributed by atoms with Crippen LogP contribution in [-0.4, -0.2) is 20.5 Å². The Morgan fingerprint density at radius 3 is 2.61 bits per heavy atom. The highest BCUT2D eigenvalue weighted by atomic mass is 35.5. The van der Waals surface area contributed by atoms with E-state index in [0.717, 1.165) is 6.07 Å². The van der Waals surface area contributed by atoms with Gasteiger partial charge < -0.3 is 4.74 Å². The quantitative estimate of drug-likeness (QED) is 0.859. The topological polar surface area (TPSA) is 86.5 Å². The lowest BCUT2D eigenvalue weighted by Gasteiger charge is -2.12. The zero-order valence-corrected chi connectivity index (χ0v) is 11.6. The highest BCUT2D eigenvalue weighted by Gasteiger charge is 2.18. The van der Waals surface area contributed by atoms with Crippen LogP contribution in [0.3, 0.4) is 0 Å². The van der Waals surface area contributed by atoms with E-state index in [1.54, 1.807) is 6.92 Å². The number of benzene rings is 1. The molecule has 0 radical (unpaired) electrons. The van der Waals surface area contributed by atoms with E-state index >= 15 is 0 Å². The van der Waals surface area contributed by atoms with Crippen LogP contribution in [0.25, 0.3) is 0 Å². The Morgan fingerprint density at radius 2 is 2.11 bits per heavy atom. The van der Waals surface area contributed by atoms with Crippen LogP contribution in [0.15, 0.2) is 23.1 Å². The first-order chi connectivity index (χ1) is 8.25. The van der Waals surface area contributed by atoms with Gasteiger partial charge in [-0.15, -0.1) is 0 Å². The van der Waals surface area contributed by atoms with Crippen molar-refractivity contribution in [1.29, 1.82) is 0 Å². The second-order valence-electron chi connectivity index (χ2n) is 3.81. The molecule has 18 heavy (non-hydrogen) atoms. The highest BCUT2D eigenvalue weighted by molar-refractivity contribution is 7.89. The lowest BCUT2D eigenvalue weighted by Crippen LogP contribution is -2.16. The molecule has 0 aromatic heterocycles. The summed E-state index contributed by atoms with van der Waals surface area (Å²) in [7, 11) is -3.88. The summed E-state index contributed by atoms with van der Waals surface area (Å²) in [5.41, 5.74) is -0.0107. The Bertz CT molecular complexity index is 556. The van der Waals surface area contributed by atoms with Crippen molar-refractivity contribution in [2.24, 2.45) is 5.14 Å². The molecule has 0 aliphatic heterocycles. The Hall–Kier alpha value is -1.11. The van der Waals surface area contributed by atoms with E-state index in [4.69, 9.17) is 21.5 Å². The van der Waals surface area contributed by atoms with Gasteiger partial charge in [-0.1, -0.05) is 18.5 Å². The first kappa shape index (κ1) is 14.9. The molecular formula is C11H14ClNO4S. The molecular weight excluding hydrogens is 278 g/mol. The number of primary sulfonamides is 1. The Labute approximate surface area is 111 Å². The van der Waals surface area contributed by atoms with E-state index in [9.17, 15) is 13.2 Å². The third-order valence-corrected chi connectivity index (χ3v) is 3.61. The zero-order chi connectivity index (χ0) is 13.9. The first-order valence-electron chi connectivity index (χ1n) is 5.29. The lowest BCUT2D eigenvalue weighted by atomic mass is 10.2. The smallest absolute Gasteiger partial charge is 0.339 e. The fourth-order valence-corrected chi connectivity index (χ4v) is 1.90. The second kappa shape index (κ2) is 5.69. The molecule has 1 unspecified atom stereocenters. The van der Waals surface area contributed by atoms with Crippen LogP contribution >= 0.6 is 11.6 Å². The molecule has 0 amide bonds. The normalized spacial score (nSPS) is 13.1. The molecule has 5 nitrogen and oxygen atoms in total. The molecule has 0 bridgehead atoms. The van der Waals surface area contributed by atoms with Crippen molar-refractivity contribution in [2.45, 2.75) is 31.3 Å². The largest absolute Gasteiger partial charge is 0.459 e. The molecule has 7 heteroatoms. The number of hydrogen-bond donors (Lipinski definition) is 1. The molecule has 0 aliphatic carbocycles. The van der Waals surface area contributed by atoms with E-state index in [1.165, 1.54) is 12.1 Å². The molecule has 1 aromatic rings. The van der Waals surface area contributed by atoms with E-state index < -0.39 is 16.0 Å². The monoisotopic (exact) mass is 291 g/mol. The molecule has 1 atom stereocenters. The van der Waals surface area contributed by atoms with Gasteiger partial charge in [0.1, 0.15) is 0 Å². The van der Waals surface area contributed by atoms with E-state index in [2.05, 4.69) is 0 Å². The third-order valence-electron chi connectivity index (χ3n) is 2.37. The second-order valence-corrected chi connectivity index (χ2v) is 5.78. The van der Waals surface area contributed by atoms with Crippen molar-refractivity contribution in [1.82, 2.24) is 0 Å². The summed E-state index contributed by atoms with van der Waals surface area (Å²) in [6.45, 7) is 3.59. The van der Waals surface area contributed by atoms with Crippen LogP contribution < -0.4 is 5.14 Å².